The van der Waals surface area contributed by atoms with Crippen molar-refractivity contribution in [3.63, 3.8) is 0 Å². The first kappa shape index (κ1) is 13.1. The van der Waals surface area contributed by atoms with Crippen molar-refractivity contribution in [1.29, 1.82) is 0 Å². The lowest BCUT2D eigenvalue weighted by Gasteiger charge is -2.20. The van der Waals surface area contributed by atoms with Crippen LogP contribution < -0.4 is 4.74 Å². The van der Waals surface area contributed by atoms with Gasteiger partial charge in [-0.1, -0.05) is 0 Å². The van der Waals surface area contributed by atoms with E-state index in [1.54, 1.807) is 0 Å². The lowest BCUT2D eigenvalue weighted by atomic mass is 10.2. The molecule has 0 unspecified atom stereocenters. The van der Waals surface area contributed by atoms with Gasteiger partial charge in [0.1, 0.15) is 5.75 Å². The summed E-state index contributed by atoms with van der Waals surface area (Å²) in [7, 11) is 0. The molecule has 2 rings (SSSR count). The van der Waals surface area contributed by atoms with Gasteiger partial charge in [0.25, 0.3) is 0 Å². The second-order valence-corrected chi connectivity index (χ2v) is 5.93. The summed E-state index contributed by atoms with van der Waals surface area (Å²) in [6.45, 7) is 5.59. The van der Waals surface area contributed by atoms with Gasteiger partial charge in [-0.25, -0.2) is 0 Å². The van der Waals surface area contributed by atoms with Crippen molar-refractivity contribution in [1.82, 2.24) is 4.90 Å². The first-order valence-electron chi connectivity index (χ1n) is 6.38. The van der Waals surface area contributed by atoms with Crippen LogP contribution in [0.1, 0.15) is 26.2 Å². The van der Waals surface area contributed by atoms with Crippen molar-refractivity contribution in [2.45, 2.75) is 32.2 Å². The first-order valence-corrected chi connectivity index (χ1v) is 7.46. The van der Waals surface area contributed by atoms with Crippen LogP contribution in [0.15, 0.2) is 24.3 Å². The average molecular weight is 345 g/mol. The van der Waals surface area contributed by atoms with Crippen molar-refractivity contribution >= 4 is 22.6 Å². The number of benzene rings is 1. The summed E-state index contributed by atoms with van der Waals surface area (Å²) in [4.78, 5) is 2.57. The van der Waals surface area contributed by atoms with Crippen LogP contribution in [-0.4, -0.2) is 30.6 Å². The summed E-state index contributed by atoms with van der Waals surface area (Å²) in [5.74, 6) is 0.986. The Kier molecular flexibility index (Phi) is 5.10. The van der Waals surface area contributed by atoms with Gasteiger partial charge in [-0.15, -0.1) is 0 Å². The van der Waals surface area contributed by atoms with Crippen molar-refractivity contribution in [2.24, 2.45) is 0 Å². The fourth-order valence-electron chi connectivity index (χ4n) is 2.31. The fourth-order valence-corrected chi connectivity index (χ4v) is 2.67. The van der Waals surface area contributed by atoms with Crippen molar-refractivity contribution in [2.75, 3.05) is 19.7 Å². The van der Waals surface area contributed by atoms with Crippen LogP contribution in [0.2, 0.25) is 0 Å². The van der Waals surface area contributed by atoms with E-state index >= 15 is 0 Å². The number of likely N-dealkylation sites (tertiary alicyclic amines) is 1. The Bertz CT molecular complexity index is 339. The molecule has 0 radical (unpaired) electrons. The number of halogens is 1. The highest BCUT2D eigenvalue weighted by molar-refractivity contribution is 14.1. The minimum atomic E-state index is 0.772. The molecule has 0 amide bonds. The summed E-state index contributed by atoms with van der Waals surface area (Å²) in [5.41, 5.74) is 0. The van der Waals surface area contributed by atoms with Gasteiger partial charge in [0.15, 0.2) is 0 Å². The molecule has 1 aliphatic rings. The molecular weight excluding hydrogens is 325 g/mol. The number of ether oxygens (including phenoxy) is 1. The van der Waals surface area contributed by atoms with Gasteiger partial charge >= 0.3 is 0 Å². The molecule has 0 aromatic heterocycles. The van der Waals surface area contributed by atoms with E-state index < -0.39 is 0 Å². The maximum atomic E-state index is 5.73. The molecule has 17 heavy (non-hydrogen) atoms. The van der Waals surface area contributed by atoms with E-state index in [4.69, 9.17) is 4.74 Å². The lowest BCUT2D eigenvalue weighted by Crippen LogP contribution is -2.28. The highest BCUT2D eigenvalue weighted by Crippen LogP contribution is 2.17. The summed E-state index contributed by atoms with van der Waals surface area (Å²) >= 11 is 2.31. The molecule has 1 atom stereocenters. The summed E-state index contributed by atoms with van der Waals surface area (Å²) in [6, 6.07) is 9.02. The maximum Gasteiger partial charge on any atom is 0.119 e. The van der Waals surface area contributed by atoms with Crippen LogP contribution >= 0.6 is 22.6 Å². The Morgan fingerprint density at radius 2 is 2.12 bits per heavy atom. The Morgan fingerprint density at radius 1 is 1.35 bits per heavy atom. The number of hydrogen-bond donors (Lipinski definition) is 0. The van der Waals surface area contributed by atoms with Crippen molar-refractivity contribution < 1.29 is 4.74 Å². The quantitative estimate of drug-likeness (QED) is 0.598. The number of nitrogens with zero attached hydrogens (tertiary/aromatic N) is 1. The third-order valence-electron chi connectivity index (χ3n) is 3.36. The second kappa shape index (κ2) is 6.59. The largest absolute Gasteiger partial charge is 0.494 e. The van der Waals surface area contributed by atoms with E-state index in [1.165, 1.54) is 29.5 Å². The predicted octanol–water partition coefficient (Wildman–Crippen LogP) is 3.54. The SMILES string of the molecule is C[C@H]1CCCN1CCCOc1ccc(I)cc1. The first-order chi connectivity index (χ1) is 8.25. The molecule has 1 saturated heterocycles. The average Bonchev–Trinajstić information content (AvgIpc) is 2.73. The number of hydrogen-bond acceptors (Lipinski definition) is 2. The van der Waals surface area contributed by atoms with Gasteiger partial charge in [0.05, 0.1) is 6.61 Å². The zero-order valence-corrected chi connectivity index (χ0v) is 12.5. The van der Waals surface area contributed by atoms with Crippen LogP contribution in [0.25, 0.3) is 0 Å². The van der Waals surface area contributed by atoms with Gasteiger partial charge in [0, 0.05) is 16.2 Å². The summed E-state index contributed by atoms with van der Waals surface area (Å²) in [5, 5.41) is 0. The van der Waals surface area contributed by atoms with Gasteiger partial charge in [-0.05, 0) is 79.6 Å². The molecule has 1 fully saturated rings. The molecular formula is C14H20INO. The van der Waals surface area contributed by atoms with Crippen molar-refractivity contribution in [3.05, 3.63) is 27.8 Å². The highest BCUT2D eigenvalue weighted by atomic mass is 127. The fraction of sp³-hybridized carbons (Fsp3) is 0.571. The molecule has 1 heterocycles. The Morgan fingerprint density at radius 3 is 2.76 bits per heavy atom. The molecule has 3 heteroatoms. The van der Waals surface area contributed by atoms with Gasteiger partial charge in [-0.2, -0.15) is 0 Å². The monoisotopic (exact) mass is 345 g/mol. The van der Waals surface area contributed by atoms with Crippen LogP contribution in [-0.2, 0) is 0 Å². The van der Waals surface area contributed by atoms with Gasteiger partial charge in [0.2, 0.25) is 0 Å². The molecule has 2 nitrogen and oxygen atoms in total. The standard InChI is InChI=1S/C14H20INO/c1-12-4-2-9-16(12)10-3-11-17-14-7-5-13(15)6-8-14/h5-8,12H,2-4,9-11H2,1H3/t12-/m0/s1. The molecule has 0 bridgehead atoms. The number of rotatable bonds is 5. The predicted molar refractivity (Wildman–Crippen MR) is 79.5 cm³/mol. The van der Waals surface area contributed by atoms with Gasteiger partial charge in [-0.3, -0.25) is 0 Å². The zero-order valence-electron chi connectivity index (χ0n) is 10.4. The Labute approximate surface area is 117 Å². The van der Waals surface area contributed by atoms with Crippen LogP contribution in [0.4, 0.5) is 0 Å². The van der Waals surface area contributed by atoms with E-state index in [1.807, 2.05) is 12.1 Å². The molecule has 0 spiro atoms. The second-order valence-electron chi connectivity index (χ2n) is 4.68. The Hall–Kier alpha value is -0.290. The zero-order chi connectivity index (χ0) is 12.1. The molecule has 1 aromatic carbocycles. The molecule has 1 aromatic rings. The van der Waals surface area contributed by atoms with Crippen LogP contribution in [0, 0.1) is 3.57 Å². The van der Waals surface area contributed by atoms with E-state index in [0.29, 0.717) is 0 Å². The van der Waals surface area contributed by atoms with E-state index in [0.717, 1.165) is 24.8 Å². The molecule has 0 aliphatic carbocycles. The minimum Gasteiger partial charge on any atom is -0.494 e. The van der Waals surface area contributed by atoms with Crippen LogP contribution in [0.3, 0.4) is 0 Å². The summed E-state index contributed by atoms with van der Waals surface area (Å²) < 4.78 is 6.98. The normalized spacial score (nSPS) is 20.7. The minimum absolute atomic E-state index is 0.772. The van der Waals surface area contributed by atoms with Gasteiger partial charge < -0.3 is 9.64 Å². The summed E-state index contributed by atoms with van der Waals surface area (Å²) in [6.07, 6.45) is 3.84. The topological polar surface area (TPSA) is 12.5 Å². The third kappa shape index (κ3) is 4.14. The Balaban J connectivity index is 1.64. The maximum absolute atomic E-state index is 5.73. The smallest absolute Gasteiger partial charge is 0.119 e. The molecule has 0 N–H and O–H groups in total. The van der Waals surface area contributed by atoms with Crippen LogP contribution in [0.5, 0.6) is 5.75 Å². The molecule has 94 valence electrons. The van der Waals surface area contributed by atoms with E-state index in [-0.39, 0.29) is 0 Å². The highest BCUT2D eigenvalue weighted by Gasteiger charge is 2.18. The third-order valence-corrected chi connectivity index (χ3v) is 4.08. The lowest BCUT2D eigenvalue weighted by molar-refractivity contribution is 0.230. The van der Waals surface area contributed by atoms with E-state index in [2.05, 4.69) is 46.5 Å². The molecule has 1 aliphatic heterocycles. The molecule has 0 saturated carbocycles. The van der Waals surface area contributed by atoms with Crippen molar-refractivity contribution in [3.8, 4) is 5.75 Å². The van der Waals surface area contributed by atoms with E-state index in [9.17, 15) is 0 Å².